The summed E-state index contributed by atoms with van der Waals surface area (Å²) < 4.78 is 43.4. The molecule has 2 saturated carbocycles. The van der Waals surface area contributed by atoms with Crippen LogP contribution in [0.4, 0.5) is 8.78 Å². The molecular weight excluding hydrogens is 634 g/mol. The number of H-pyrrole nitrogens is 2. The molecule has 0 aromatic carbocycles. The highest BCUT2D eigenvalue weighted by Gasteiger charge is 2.29. The Balaban J connectivity index is 0.000000136. The normalized spacial score (nSPS) is 25.9. The van der Waals surface area contributed by atoms with E-state index in [2.05, 4.69) is 39.7 Å². The van der Waals surface area contributed by atoms with E-state index in [4.69, 9.17) is 25.8 Å². The van der Waals surface area contributed by atoms with Gasteiger partial charge in [0.2, 0.25) is 5.88 Å². The van der Waals surface area contributed by atoms with E-state index in [1.54, 1.807) is 0 Å². The summed E-state index contributed by atoms with van der Waals surface area (Å²) in [5.41, 5.74) is 0.900. The predicted molar refractivity (Wildman–Crippen MR) is 172 cm³/mol. The molecule has 0 radical (unpaired) electrons. The van der Waals surface area contributed by atoms with Gasteiger partial charge in [-0.05, 0) is 51.4 Å². The van der Waals surface area contributed by atoms with E-state index >= 15 is 0 Å². The van der Waals surface area contributed by atoms with Gasteiger partial charge in [-0.1, -0.05) is 11.6 Å². The van der Waals surface area contributed by atoms with Crippen LogP contribution < -0.4 is 4.74 Å². The number of nitrogens with one attached hydrogen (secondary N) is 2. The van der Waals surface area contributed by atoms with Gasteiger partial charge in [-0.25, -0.2) is 28.7 Å². The van der Waals surface area contributed by atoms with E-state index in [-0.39, 0.29) is 28.6 Å². The molecule has 2 aliphatic heterocycles. The highest BCUT2D eigenvalue weighted by atomic mass is 35.5. The van der Waals surface area contributed by atoms with Crippen LogP contribution >= 0.6 is 11.6 Å². The van der Waals surface area contributed by atoms with Gasteiger partial charge >= 0.3 is 0 Å². The zero-order chi connectivity index (χ0) is 32.6. The summed E-state index contributed by atoms with van der Waals surface area (Å²) in [5, 5.41) is 10.1. The maximum atomic E-state index is 13.9. The lowest BCUT2D eigenvalue weighted by atomic mass is 9.91. The van der Waals surface area contributed by atoms with E-state index in [0.717, 1.165) is 91.1 Å². The van der Waals surface area contributed by atoms with Crippen molar-refractivity contribution in [3.63, 3.8) is 0 Å². The van der Waals surface area contributed by atoms with Crippen LogP contribution in [0.25, 0.3) is 22.1 Å². The van der Waals surface area contributed by atoms with E-state index in [0.29, 0.717) is 34.6 Å². The molecule has 0 atom stereocenters. The number of fused-ring (bicyclic) bond motifs is 2. The van der Waals surface area contributed by atoms with Gasteiger partial charge in [0.1, 0.15) is 40.6 Å². The minimum absolute atomic E-state index is 0.0303. The fourth-order valence-electron chi connectivity index (χ4n) is 6.87. The van der Waals surface area contributed by atoms with Crippen molar-refractivity contribution in [3.05, 3.63) is 41.8 Å². The largest absolute Gasteiger partial charge is 0.474 e. The lowest BCUT2D eigenvalue weighted by Gasteiger charge is -2.38. The highest BCUT2D eigenvalue weighted by Crippen LogP contribution is 2.30. The SMILES string of the molecule is Fc1c[nH]c2ncnc(Cl)c12.Fc1c[nH]c2ncnc(OC3CCC(N4CCOCC4)CC3)c12.OC1CCC(N2CCOCC2)CC1. The molecule has 4 fully saturated rings. The molecule has 3 N–H and O–H groups in total. The molecule has 15 heteroatoms. The summed E-state index contributed by atoms with van der Waals surface area (Å²) in [6.45, 7) is 7.67. The monoisotopic (exact) mass is 676 g/mol. The molecule has 4 aromatic rings. The second-order valence-electron chi connectivity index (χ2n) is 12.4. The van der Waals surface area contributed by atoms with Crippen LogP contribution in [0, 0.1) is 11.6 Å². The van der Waals surface area contributed by atoms with Crippen LogP contribution in [-0.4, -0.2) is 122 Å². The molecule has 2 aliphatic carbocycles. The first kappa shape index (κ1) is 33.9. The number of aliphatic hydroxyl groups excluding tert-OH is 1. The van der Waals surface area contributed by atoms with Gasteiger partial charge in [-0.15, -0.1) is 0 Å². The third-order valence-electron chi connectivity index (χ3n) is 9.47. The van der Waals surface area contributed by atoms with Crippen LogP contribution in [0.1, 0.15) is 51.4 Å². The van der Waals surface area contributed by atoms with Gasteiger partial charge in [0, 0.05) is 50.7 Å². The average molecular weight is 677 g/mol. The number of nitrogens with zero attached hydrogens (tertiary/aromatic N) is 6. The maximum absolute atomic E-state index is 13.9. The van der Waals surface area contributed by atoms with E-state index in [1.165, 1.54) is 37.9 Å². The Bertz CT molecular complexity index is 1550. The van der Waals surface area contributed by atoms with Crippen molar-refractivity contribution in [2.75, 3.05) is 52.6 Å². The van der Waals surface area contributed by atoms with Gasteiger partial charge in [0.05, 0.1) is 37.9 Å². The van der Waals surface area contributed by atoms with Gasteiger partial charge in [-0.2, -0.15) is 0 Å². The Labute approximate surface area is 277 Å². The molecule has 0 amide bonds. The molecule has 47 heavy (non-hydrogen) atoms. The fourth-order valence-corrected chi connectivity index (χ4v) is 7.09. The number of ether oxygens (including phenoxy) is 3. The van der Waals surface area contributed by atoms with Gasteiger partial charge in [0.25, 0.3) is 0 Å². The molecule has 0 bridgehead atoms. The second kappa shape index (κ2) is 16.4. The fraction of sp³-hybridized carbons (Fsp3) is 0.625. The number of morpholine rings is 2. The second-order valence-corrected chi connectivity index (χ2v) is 12.7. The number of aliphatic hydroxyl groups is 1. The van der Waals surface area contributed by atoms with Crippen LogP contribution in [-0.2, 0) is 9.47 Å². The minimum Gasteiger partial charge on any atom is -0.474 e. The molecule has 8 rings (SSSR count). The van der Waals surface area contributed by atoms with Crippen molar-refractivity contribution in [1.29, 1.82) is 0 Å². The smallest absolute Gasteiger partial charge is 0.229 e. The molecule has 12 nitrogen and oxygen atoms in total. The number of aromatic nitrogens is 6. The lowest BCUT2D eigenvalue weighted by Crippen LogP contribution is -2.46. The number of hydrogen-bond acceptors (Lipinski definition) is 10. The van der Waals surface area contributed by atoms with Crippen molar-refractivity contribution in [1.82, 2.24) is 39.7 Å². The van der Waals surface area contributed by atoms with Crippen molar-refractivity contribution in [3.8, 4) is 5.88 Å². The van der Waals surface area contributed by atoms with Crippen LogP contribution in [0.15, 0.2) is 25.0 Å². The summed E-state index contributed by atoms with van der Waals surface area (Å²) >= 11 is 5.59. The molecule has 256 valence electrons. The molecule has 6 heterocycles. The van der Waals surface area contributed by atoms with Crippen molar-refractivity contribution < 1.29 is 28.1 Å². The Morgan fingerprint density at radius 1 is 0.702 bits per heavy atom. The third kappa shape index (κ3) is 8.72. The van der Waals surface area contributed by atoms with E-state index in [1.807, 2.05) is 0 Å². The van der Waals surface area contributed by atoms with Gasteiger partial charge < -0.3 is 29.3 Å². The third-order valence-corrected chi connectivity index (χ3v) is 9.76. The molecule has 0 unspecified atom stereocenters. The van der Waals surface area contributed by atoms with E-state index < -0.39 is 5.82 Å². The minimum atomic E-state index is -0.425. The lowest BCUT2D eigenvalue weighted by molar-refractivity contribution is -0.00366. The Morgan fingerprint density at radius 3 is 1.74 bits per heavy atom. The molecule has 4 aliphatic rings. The first-order valence-corrected chi connectivity index (χ1v) is 16.9. The highest BCUT2D eigenvalue weighted by molar-refractivity contribution is 6.33. The topological polar surface area (TPSA) is 138 Å². The first-order valence-electron chi connectivity index (χ1n) is 16.5. The number of hydrogen-bond donors (Lipinski definition) is 3. The summed E-state index contributed by atoms with van der Waals surface area (Å²) in [6, 6.07) is 1.33. The predicted octanol–water partition coefficient (Wildman–Crippen LogP) is 4.49. The number of rotatable bonds is 4. The summed E-state index contributed by atoms with van der Waals surface area (Å²) in [6.07, 6.45) is 13.7. The number of aromatic amines is 2. The molecule has 0 spiro atoms. The van der Waals surface area contributed by atoms with Crippen molar-refractivity contribution >= 4 is 33.7 Å². The molecule has 4 aromatic heterocycles. The maximum Gasteiger partial charge on any atom is 0.229 e. The zero-order valence-corrected chi connectivity index (χ0v) is 27.2. The van der Waals surface area contributed by atoms with Crippen LogP contribution in [0.3, 0.4) is 0 Å². The van der Waals surface area contributed by atoms with Crippen LogP contribution in [0.5, 0.6) is 5.88 Å². The first-order chi connectivity index (χ1) is 23.0. The summed E-state index contributed by atoms with van der Waals surface area (Å²) in [7, 11) is 0. The standard InChI is InChI=1S/C16H21FN4O2.C10H19NO2.C6H3ClFN3/c17-13-9-18-15-14(13)16(20-10-19-15)23-12-3-1-11(2-4-12)21-5-7-22-8-6-21;12-10-3-1-9(2-4-10)11-5-7-13-8-6-11;7-5-4-3(8)1-9-6(4)11-2-10-5/h9-12H,1-8H2,(H,18,19,20);9-10,12H,1-8H2;1-2H,(H,9,10,11). The van der Waals surface area contributed by atoms with Crippen molar-refractivity contribution in [2.24, 2.45) is 0 Å². The molecular formula is C32H43ClF2N8O4. The Kier molecular flexibility index (Phi) is 11.8. The summed E-state index contributed by atoms with van der Waals surface area (Å²) in [5.74, 6) is -0.438. The quantitative estimate of drug-likeness (QED) is 0.265. The van der Waals surface area contributed by atoms with Gasteiger partial charge in [-0.3, -0.25) is 9.80 Å². The van der Waals surface area contributed by atoms with Gasteiger partial charge in [0.15, 0.2) is 11.6 Å². The zero-order valence-electron chi connectivity index (χ0n) is 26.4. The van der Waals surface area contributed by atoms with Crippen molar-refractivity contribution in [2.45, 2.75) is 75.7 Å². The number of halogens is 3. The van der Waals surface area contributed by atoms with Crippen LogP contribution in [0.2, 0.25) is 5.15 Å². The molecule has 2 saturated heterocycles. The Hall–Kier alpha value is -3.01. The average Bonchev–Trinajstić information content (AvgIpc) is 3.70. The Morgan fingerprint density at radius 2 is 1.19 bits per heavy atom. The summed E-state index contributed by atoms with van der Waals surface area (Å²) in [4.78, 5) is 26.0. The van der Waals surface area contributed by atoms with E-state index in [9.17, 15) is 13.9 Å².